The molecule has 0 saturated heterocycles. The summed E-state index contributed by atoms with van der Waals surface area (Å²) in [7, 11) is -2.57. The van der Waals surface area contributed by atoms with Crippen molar-refractivity contribution in [3.8, 4) is 17.0 Å². The summed E-state index contributed by atoms with van der Waals surface area (Å²) in [5, 5.41) is 11.0. The van der Waals surface area contributed by atoms with Crippen molar-refractivity contribution in [2.24, 2.45) is 7.05 Å². The van der Waals surface area contributed by atoms with Gasteiger partial charge in [0.1, 0.15) is 28.2 Å². The van der Waals surface area contributed by atoms with Gasteiger partial charge >= 0.3 is 6.61 Å². The quantitative estimate of drug-likeness (QED) is 0.338. The fourth-order valence-electron chi connectivity index (χ4n) is 3.58. The van der Waals surface area contributed by atoms with Crippen LogP contribution in [0.3, 0.4) is 0 Å². The Labute approximate surface area is 207 Å². The number of aromatic nitrogens is 7. The van der Waals surface area contributed by atoms with E-state index in [0.29, 0.717) is 5.65 Å². The maximum atomic E-state index is 13.2. The molecular formula is C22H16F2N8O4S. The highest BCUT2D eigenvalue weighted by atomic mass is 32.2. The molecule has 0 radical (unpaired) electrons. The number of benzene rings is 1. The van der Waals surface area contributed by atoms with Crippen LogP contribution in [0.1, 0.15) is 10.4 Å². The van der Waals surface area contributed by atoms with E-state index in [1.807, 2.05) is 0 Å². The highest BCUT2D eigenvalue weighted by Crippen LogP contribution is 2.37. The maximum Gasteiger partial charge on any atom is 0.387 e. The van der Waals surface area contributed by atoms with E-state index in [1.54, 1.807) is 19.3 Å². The second kappa shape index (κ2) is 9.34. The van der Waals surface area contributed by atoms with E-state index in [4.69, 9.17) is 0 Å². The predicted octanol–water partition coefficient (Wildman–Crippen LogP) is 2.61. The summed E-state index contributed by atoms with van der Waals surface area (Å²) in [4.78, 5) is 24.2. The minimum Gasteiger partial charge on any atom is -0.434 e. The first-order chi connectivity index (χ1) is 17.7. The van der Waals surface area contributed by atoms with Crippen LogP contribution >= 0.6 is 0 Å². The van der Waals surface area contributed by atoms with Gasteiger partial charge in [0.2, 0.25) is 9.84 Å². The third kappa shape index (κ3) is 4.58. The zero-order chi connectivity index (χ0) is 26.2. The Morgan fingerprint density at radius 2 is 1.92 bits per heavy atom. The Kier molecular flexibility index (Phi) is 6.04. The van der Waals surface area contributed by atoms with Gasteiger partial charge in [0.15, 0.2) is 5.65 Å². The van der Waals surface area contributed by atoms with Crippen LogP contribution in [0, 0.1) is 0 Å². The number of ether oxygens (including phenoxy) is 1. The lowest BCUT2D eigenvalue weighted by atomic mass is 10.1. The number of amides is 1. The van der Waals surface area contributed by atoms with Crippen molar-refractivity contribution in [3.05, 3.63) is 73.3 Å². The molecule has 0 aliphatic rings. The Hall–Kier alpha value is -4.79. The molecule has 0 aliphatic heterocycles. The Morgan fingerprint density at radius 1 is 1.14 bits per heavy atom. The van der Waals surface area contributed by atoms with Crippen molar-refractivity contribution < 1.29 is 26.7 Å². The van der Waals surface area contributed by atoms with Crippen LogP contribution in [0.5, 0.6) is 5.75 Å². The average molecular weight is 526 g/mol. The standard InChI is InChI=1S/C22H16F2N8O4S/c1-31-11-17(29-21(33)16-10-28-32-6-2-5-27-20(16)32)19(30-31)15-7-13(3-4-18(15)36-22(23)24)37(34,35)14-8-25-12-26-9-14/h2-12,22H,1H3,(H,29,33). The van der Waals surface area contributed by atoms with Crippen LogP contribution in [0.25, 0.3) is 16.9 Å². The van der Waals surface area contributed by atoms with Crippen LogP contribution < -0.4 is 10.1 Å². The third-order valence-corrected chi connectivity index (χ3v) is 6.89. The summed E-state index contributed by atoms with van der Waals surface area (Å²) < 4.78 is 60.0. The fourth-order valence-corrected chi connectivity index (χ4v) is 4.77. The van der Waals surface area contributed by atoms with E-state index in [9.17, 15) is 22.0 Å². The largest absolute Gasteiger partial charge is 0.434 e. The number of carbonyl (C=O) groups is 1. The number of nitrogens with zero attached hydrogens (tertiary/aromatic N) is 7. The molecule has 0 aliphatic carbocycles. The summed E-state index contributed by atoms with van der Waals surface area (Å²) in [5.74, 6) is -0.936. The smallest absolute Gasteiger partial charge is 0.387 e. The number of fused-ring (bicyclic) bond motifs is 1. The molecule has 0 saturated carbocycles. The maximum absolute atomic E-state index is 13.2. The summed E-state index contributed by atoms with van der Waals surface area (Å²) >= 11 is 0. The first-order valence-electron chi connectivity index (χ1n) is 10.5. The molecule has 5 rings (SSSR count). The summed E-state index contributed by atoms with van der Waals surface area (Å²) in [5.41, 5.74) is 0.467. The number of nitrogens with one attached hydrogen (secondary N) is 1. The Bertz CT molecular complexity index is 1720. The lowest BCUT2D eigenvalue weighted by molar-refractivity contribution is -0.0494. The van der Waals surface area contributed by atoms with Crippen molar-refractivity contribution in [3.63, 3.8) is 0 Å². The van der Waals surface area contributed by atoms with Gasteiger partial charge in [-0.05, 0) is 24.3 Å². The zero-order valence-electron chi connectivity index (χ0n) is 18.9. The number of anilines is 1. The molecule has 0 spiro atoms. The topological polar surface area (TPSA) is 146 Å². The fraction of sp³-hybridized carbons (Fsp3) is 0.0909. The number of rotatable bonds is 7. The second-order valence-electron chi connectivity index (χ2n) is 7.58. The summed E-state index contributed by atoms with van der Waals surface area (Å²) in [6.07, 6.45) is 9.28. The van der Waals surface area contributed by atoms with E-state index in [1.165, 1.54) is 34.1 Å². The van der Waals surface area contributed by atoms with Gasteiger partial charge in [0, 0.05) is 43.6 Å². The predicted molar refractivity (Wildman–Crippen MR) is 124 cm³/mol. The molecule has 15 heteroatoms. The molecule has 0 fully saturated rings. The van der Waals surface area contributed by atoms with Crippen LogP contribution in [0.2, 0.25) is 0 Å². The summed E-state index contributed by atoms with van der Waals surface area (Å²) in [6.45, 7) is -3.20. The van der Waals surface area contributed by atoms with Gasteiger partial charge < -0.3 is 10.1 Å². The molecule has 5 aromatic rings. The number of hydrogen-bond donors (Lipinski definition) is 1. The molecule has 4 aromatic heterocycles. The number of carbonyl (C=O) groups excluding carboxylic acids is 1. The van der Waals surface area contributed by atoms with Crippen molar-refractivity contribution in [1.29, 1.82) is 0 Å². The molecule has 0 atom stereocenters. The van der Waals surface area contributed by atoms with Gasteiger partial charge in [0.05, 0.1) is 16.8 Å². The first kappa shape index (κ1) is 23.9. The van der Waals surface area contributed by atoms with Crippen molar-refractivity contribution in [2.75, 3.05) is 5.32 Å². The van der Waals surface area contributed by atoms with E-state index in [2.05, 4.69) is 35.2 Å². The first-order valence-corrected chi connectivity index (χ1v) is 11.9. The molecule has 1 amide bonds. The number of halogens is 2. The zero-order valence-corrected chi connectivity index (χ0v) is 19.7. The normalized spacial score (nSPS) is 11.7. The van der Waals surface area contributed by atoms with Gasteiger partial charge in [-0.15, -0.1) is 0 Å². The number of sulfone groups is 1. The minimum atomic E-state index is -4.11. The van der Waals surface area contributed by atoms with Gasteiger partial charge in [-0.25, -0.2) is 27.9 Å². The number of alkyl halides is 2. The second-order valence-corrected chi connectivity index (χ2v) is 9.53. The average Bonchev–Trinajstić information content (AvgIpc) is 3.47. The van der Waals surface area contributed by atoms with Crippen LogP contribution in [-0.2, 0) is 16.9 Å². The molecule has 12 nitrogen and oxygen atoms in total. The summed E-state index contributed by atoms with van der Waals surface area (Å²) in [6, 6.07) is 4.99. The van der Waals surface area contributed by atoms with E-state index in [0.717, 1.165) is 30.6 Å². The molecule has 37 heavy (non-hydrogen) atoms. The third-order valence-electron chi connectivity index (χ3n) is 5.18. The molecule has 188 valence electrons. The molecule has 0 bridgehead atoms. The monoisotopic (exact) mass is 526 g/mol. The van der Waals surface area contributed by atoms with Crippen LogP contribution in [-0.4, -0.2) is 55.3 Å². The van der Waals surface area contributed by atoms with E-state index >= 15 is 0 Å². The SMILES string of the molecule is Cn1cc(NC(=O)c2cnn3cccnc23)c(-c2cc(S(=O)(=O)c3cncnc3)ccc2OC(F)F)n1. The van der Waals surface area contributed by atoms with Gasteiger partial charge in [-0.1, -0.05) is 0 Å². The van der Waals surface area contributed by atoms with Crippen LogP contribution in [0.4, 0.5) is 14.5 Å². The molecule has 0 unspecified atom stereocenters. The van der Waals surface area contributed by atoms with E-state index < -0.39 is 22.4 Å². The molecular weight excluding hydrogens is 510 g/mol. The van der Waals surface area contributed by atoms with Gasteiger partial charge in [-0.3, -0.25) is 9.48 Å². The van der Waals surface area contributed by atoms with Gasteiger partial charge in [0.25, 0.3) is 5.91 Å². The lowest BCUT2D eigenvalue weighted by Gasteiger charge is -2.13. The Balaban J connectivity index is 1.59. The minimum absolute atomic E-state index is 0.00250. The number of aryl methyl sites for hydroxylation is 1. The molecule has 1 N–H and O–H groups in total. The molecule has 4 heterocycles. The highest BCUT2D eigenvalue weighted by Gasteiger charge is 2.25. The van der Waals surface area contributed by atoms with Crippen molar-refractivity contribution >= 4 is 27.1 Å². The Morgan fingerprint density at radius 3 is 2.68 bits per heavy atom. The highest BCUT2D eigenvalue weighted by molar-refractivity contribution is 7.91. The van der Waals surface area contributed by atoms with Gasteiger partial charge in [-0.2, -0.15) is 19.0 Å². The molecule has 1 aromatic carbocycles. The van der Waals surface area contributed by atoms with E-state index in [-0.39, 0.29) is 38.0 Å². The van der Waals surface area contributed by atoms with Crippen molar-refractivity contribution in [2.45, 2.75) is 16.4 Å². The van der Waals surface area contributed by atoms with Crippen LogP contribution in [0.15, 0.2) is 77.6 Å². The number of hydrogen-bond acceptors (Lipinski definition) is 9. The lowest BCUT2D eigenvalue weighted by Crippen LogP contribution is -2.12. The van der Waals surface area contributed by atoms with Crippen molar-refractivity contribution in [1.82, 2.24) is 34.3 Å².